The highest BCUT2D eigenvalue weighted by atomic mass is 16.6. The smallest absolute Gasteiger partial charge is 0.273 e. The van der Waals surface area contributed by atoms with Crippen molar-refractivity contribution in [3.8, 4) is 5.75 Å². The first-order valence-corrected chi connectivity index (χ1v) is 5.79. The van der Waals surface area contributed by atoms with Gasteiger partial charge in [0.15, 0.2) is 0 Å². The second kappa shape index (κ2) is 6.93. The van der Waals surface area contributed by atoms with Crippen LogP contribution < -0.4 is 10.6 Å². The van der Waals surface area contributed by atoms with Crippen LogP contribution in [0.3, 0.4) is 0 Å². The van der Waals surface area contributed by atoms with Crippen molar-refractivity contribution >= 4 is 5.69 Å². The average molecular weight is 254 g/mol. The SMILES string of the molecule is CC(C)c1cc(OCCCON)ccc1[N+](=O)[O-]. The molecule has 0 unspecified atom stereocenters. The summed E-state index contributed by atoms with van der Waals surface area (Å²) in [5.74, 6) is 5.59. The van der Waals surface area contributed by atoms with Crippen LogP contribution in [0.2, 0.25) is 0 Å². The van der Waals surface area contributed by atoms with Gasteiger partial charge in [-0.25, -0.2) is 5.90 Å². The van der Waals surface area contributed by atoms with Crippen LogP contribution in [-0.4, -0.2) is 18.1 Å². The van der Waals surface area contributed by atoms with E-state index < -0.39 is 0 Å². The molecule has 0 aliphatic carbocycles. The van der Waals surface area contributed by atoms with E-state index >= 15 is 0 Å². The van der Waals surface area contributed by atoms with E-state index in [1.807, 2.05) is 13.8 Å². The van der Waals surface area contributed by atoms with Crippen LogP contribution >= 0.6 is 0 Å². The molecule has 0 bridgehead atoms. The number of ether oxygens (including phenoxy) is 1. The monoisotopic (exact) mass is 254 g/mol. The molecule has 0 aliphatic rings. The van der Waals surface area contributed by atoms with Crippen LogP contribution in [-0.2, 0) is 4.84 Å². The Balaban J connectivity index is 2.77. The van der Waals surface area contributed by atoms with Crippen molar-refractivity contribution in [2.75, 3.05) is 13.2 Å². The molecule has 0 heterocycles. The van der Waals surface area contributed by atoms with Gasteiger partial charge in [0.05, 0.1) is 18.1 Å². The molecule has 1 rings (SSSR count). The predicted octanol–water partition coefficient (Wildman–Crippen LogP) is 2.38. The van der Waals surface area contributed by atoms with Crippen LogP contribution in [0.1, 0.15) is 31.7 Å². The maximum Gasteiger partial charge on any atom is 0.273 e. The van der Waals surface area contributed by atoms with Crippen LogP contribution in [0, 0.1) is 10.1 Å². The van der Waals surface area contributed by atoms with Gasteiger partial charge in [0.2, 0.25) is 0 Å². The third-order valence-electron chi connectivity index (χ3n) is 2.49. The number of nitro groups is 1. The molecular weight excluding hydrogens is 236 g/mol. The first kappa shape index (κ1) is 14.4. The zero-order valence-electron chi connectivity index (χ0n) is 10.6. The Morgan fingerprint density at radius 2 is 2.11 bits per heavy atom. The van der Waals surface area contributed by atoms with Crippen LogP contribution in [0.25, 0.3) is 0 Å². The second-order valence-corrected chi connectivity index (χ2v) is 4.21. The lowest BCUT2D eigenvalue weighted by molar-refractivity contribution is -0.385. The number of nitro benzene ring substituents is 1. The van der Waals surface area contributed by atoms with Gasteiger partial charge < -0.3 is 9.57 Å². The highest BCUT2D eigenvalue weighted by Crippen LogP contribution is 2.30. The summed E-state index contributed by atoms with van der Waals surface area (Å²) >= 11 is 0. The minimum atomic E-state index is -0.374. The zero-order chi connectivity index (χ0) is 13.5. The molecule has 6 heteroatoms. The molecule has 6 nitrogen and oxygen atoms in total. The van der Waals surface area contributed by atoms with Gasteiger partial charge in [-0.2, -0.15) is 0 Å². The molecular formula is C12H18N2O4. The molecule has 0 atom stereocenters. The van der Waals surface area contributed by atoms with E-state index in [-0.39, 0.29) is 16.5 Å². The van der Waals surface area contributed by atoms with Crippen molar-refractivity contribution in [2.45, 2.75) is 26.2 Å². The number of nitrogens with two attached hydrogens (primary N) is 1. The molecule has 1 aromatic carbocycles. The van der Waals surface area contributed by atoms with Crippen LogP contribution in [0.5, 0.6) is 5.75 Å². The lowest BCUT2D eigenvalue weighted by atomic mass is 10.0. The molecule has 0 radical (unpaired) electrons. The summed E-state index contributed by atoms with van der Waals surface area (Å²) in [6, 6.07) is 4.80. The first-order chi connectivity index (χ1) is 8.56. The van der Waals surface area contributed by atoms with E-state index in [0.717, 1.165) is 0 Å². The number of hydrogen-bond donors (Lipinski definition) is 1. The van der Waals surface area contributed by atoms with E-state index in [9.17, 15) is 10.1 Å². The Kier molecular flexibility index (Phi) is 5.54. The fraction of sp³-hybridized carbons (Fsp3) is 0.500. The third kappa shape index (κ3) is 3.97. The standard InChI is InChI=1S/C12H18N2O4/c1-9(2)11-8-10(17-6-3-7-18-13)4-5-12(11)14(15)16/h4-5,8-9H,3,6-7,13H2,1-2H3. The maximum absolute atomic E-state index is 10.9. The Labute approximate surface area is 106 Å². The zero-order valence-corrected chi connectivity index (χ0v) is 10.6. The molecule has 2 N–H and O–H groups in total. The normalized spacial score (nSPS) is 10.7. The predicted molar refractivity (Wildman–Crippen MR) is 67.4 cm³/mol. The van der Waals surface area contributed by atoms with E-state index in [0.29, 0.717) is 30.9 Å². The Morgan fingerprint density at radius 1 is 1.39 bits per heavy atom. The topological polar surface area (TPSA) is 87.6 Å². The molecule has 0 amide bonds. The molecule has 100 valence electrons. The summed E-state index contributed by atoms with van der Waals surface area (Å²) in [6.07, 6.45) is 0.671. The molecule has 0 aliphatic heterocycles. The number of rotatable bonds is 7. The van der Waals surface area contributed by atoms with Gasteiger partial charge in [0.25, 0.3) is 5.69 Å². The summed E-state index contributed by atoms with van der Waals surface area (Å²) in [7, 11) is 0. The van der Waals surface area contributed by atoms with Gasteiger partial charge in [-0.3, -0.25) is 10.1 Å². The minimum Gasteiger partial charge on any atom is -0.493 e. The molecule has 0 spiro atoms. The minimum absolute atomic E-state index is 0.0707. The fourth-order valence-corrected chi connectivity index (χ4v) is 1.58. The summed E-state index contributed by atoms with van der Waals surface area (Å²) < 4.78 is 5.48. The lowest BCUT2D eigenvalue weighted by Crippen LogP contribution is -2.06. The molecule has 0 saturated carbocycles. The quantitative estimate of drug-likeness (QED) is 0.458. The number of hydrogen-bond acceptors (Lipinski definition) is 5. The Morgan fingerprint density at radius 3 is 2.67 bits per heavy atom. The third-order valence-corrected chi connectivity index (χ3v) is 2.49. The van der Waals surface area contributed by atoms with Crippen LogP contribution in [0.15, 0.2) is 18.2 Å². The molecule has 1 aromatic rings. The number of benzene rings is 1. The number of nitrogens with zero attached hydrogens (tertiary/aromatic N) is 1. The van der Waals surface area contributed by atoms with Gasteiger partial charge in [0.1, 0.15) is 5.75 Å². The fourth-order valence-electron chi connectivity index (χ4n) is 1.58. The summed E-state index contributed by atoms with van der Waals surface area (Å²) in [4.78, 5) is 14.9. The van der Waals surface area contributed by atoms with E-state index in [1.54, 1.807) is 12.1 Å². The van der Waals surface area contributed by atoms with Gasteiger partial charge in [-0.1, -0.05) is 13.8 Å². The molecule has 0 aromatic heterocycles. The summed E-state index contributed by atoms with van der Waals surface area (Å²) in [6.45, 7) is 4.71. The highest BCUT2D eigenvalue weighted by molar-refractivity contribution is 5.46. The van der Waals surface area contributed by atoms with Gasteiger partial charge in [0, 0.05) is 18.1 Å². The summed E-state index contributed by atoms with van der Waals surface area (Å²) in [5.41, 5.74) is 0.801. The van der Waals surface area contributed by atoms with Crippen molar-refractivity contribution < 1.29 is 14.5 Å². The van der Waals surface area contributed by atoms with E-state index in [2.05, 4.69) is 4.84 Å². The summed E-state index contributed by atoms with van der Waals surface area (Å²) in [5, 5.41) is 10.9. The average Bonchev–Trinajstić information content (AvgIpc) is 2.34. The van der Waals surface area contributed by atoms with Crippen molar-refractivity contribution in [1.82, 2.24) is 0 Å². The Hall–Kier alpha value is -1.66. The van der Waals surface area contributed by atoms with E-state index in [4.69, 9.17) is 10.6 Å². The molecule has 0 saturated heterocycles. The molecule has 0 fully saturated rings. The maximum atomic E-state index is 10.9. The lowest BCUT2D eigenvalue weighted by Gasteiger charge is -2.10. The van der Waals surface area contributed by atoms with Crippen molar-refractivity contribution in [3.05, 3.63) is 33.9 Å². The van der Waals surface area contributed by atoms with E-state index in [1.165, 1.54) is 6.07 Å². The second-order valence-electron chi connectivity index (χ2n) is 4.21. The van der Waals surface area contributed by atoms with Crippen molar-refractivity contribution in [3.63, 3.8) is 0 Å². The van der Waals surface area contributed by atoms with Gasteiger partial charge in [-0.15, -0.1) is 0 Å². The van der Waals surface area contributed by atoms with Crippen LogP contribution in [0.4, 0.5) is 5.69 Å². The van der Waals surface area contributed by atoms with Crippen molar-refractivity contribution in [2.24, 2.45) is 5.90 Å². The van der Waals surface area contributed by atoms with Gasteiger partial charge in [-0.05, 0) is 18.1 Å². The first-order valence-electron chi connectivity index (χ1n) is 5.79. The largest absolute Gasteiger partial charge is 0.493 e. The highest BCUT2D eigenvalue weighted by Gasteiger charge is 2.17. The van der Waals surface area contributed by atoms with Gasteiger partial charge >= 0.3 is 0 Å². The Bertz CT molecular complexity index is 407. The molecule has 18 heavy (non-hydrogen) atoms. The van der Waals surface area contributed by atoms with Crippen molar-refractivity contribution in [1.29, 1.82) is 0 Å².